The van der Waals surface area contributed by atoms with Crippen LogP contribution in [0.3, 0.4) is 0 Å². The number of hydrogen-bond acceptors (Lipinski definition) is 2. The Bertz CT molecular complexity index is 192. The van der Waals surface area contributed by atoms with Crippen LogP contribution >= 0.6 is 0 Å². The summed E-state index contributed by atoms with van der Waals surface area (Å²) in [5.41, 5.74) is 0. The molecule has 0 saturated carbocycles. The van der Waals surface area contributed by atoms with Crippen LogP contribution in [-0.2, 0) is 4.79 Å². The molecule has 1 heterocycles. The van der Waals surface area contributed by atoms with E-state index in [-0.39, 0.29) is 12.1 Å². The molecule has 0 aromatic heterocycles. The summed E-state index contributed by atoms with van der Waals surface area (Å²) < 4.78 is 0. The van der Waals surface area contributed by atoms with Gasteiger partial charge >= 0.3 is 0 Å². The summed E-state index contributed by atoms with van der Waals surface area (Å²) in [4.78, 5) is 13.5. The molecule has 82 valence electrons. The number of rotatable bonds is 5. The number of amides is 1. The van der Waals surface area contributed by atoms with Gasteiger partial charge in [-0.1, -0.05) is 33.6 Å². The van der Waals surface area contributed by atoms with Crippen molar-refractivity contribution in [2.45, 2.75) is 46.2 Å². The van der Waals surface area contributed by atoms with Crippen molar-refractivity contribution in [2.24, 2.45) is 5.92 Å². The van der Waals surface area contributed by atoms with Gasteiger partial charge < -0.3 is 4.90 Å². The van der Waals surface area contributed by atoms with Crippen LogP contribution in [0, 0.1) is 5.92 Å². The molecule has 0 aromatic rings. The van der Waals surface area contributed by atoms with Crippen molar-refractivity contribution < 1.29 is 4.79 Å². The largest absolute Gasteiger partial charge is 0.326 e. The molecule has 1 amide bonds. The fraction of sp³-hybridized carbons (Fsp3) is 0.909. The van der Waals surface area contributed by atoms with Gasteiger partial charge in [-0.2, -0.15) is 0 Å². The molecule has 1 aliphatic heterocycles. The van der Waals surface area contributed by atoms with Gasteiger partial charge in [0.1, 0.15) is 0 Å². The molecule has 1 N–H and O–H groups in total. The predicted molar refractivity (Wildman–Crippen MR) is 57.9 cm³/mol. The average molecular weight is 198 g/mol. The number of nitrogens with one attached hydrogen (secondary N) is 1. The molecule has 0 spiro atoms. The first-order valence-corrected chi connectivity index (χ1v) is 5.69. The summed E-state index contributed by atoms with van der Waals surface area (Å²) in [6.07, 6.45) is 3.82. The third-order valence-corrected chi connectivity index (χ3v) is 2.75. The van der Waals surface area contributed by atoms with Gasteiger partial charge in [0.25, 0.3) is 0 Å². The molecule has 1 saturated heterocycles. The van der Waals surface area contributed by atoms with Crippen LogP contribution in [0.4, 0.5) is 0 Å². The third-order valence-electron chi connectivity index (χ3n) is 2.75. The molecular weight excluding hydrogens is 176 g/mol. The standard InChI is InChI=1S/C11H22N2O/c1-4-5-6-7-13-10(14)8-12-11(13)9(2)3/h9,11-12H,4-8H2,1-3H3. The molecule has 1 atom stereocenters. The van der Waals surface area contributed by atoms with Gasteiger partial charge in [-0.25, -0.2) is 0 Å². The highest BCUT2D eigenvalue weighted by atomic mass is 16.2. The van der Waals surface area contributed by atoms with E-state index in [1.165, 1.54) is 12.8 Å². The number of carbonyl (C=O) groups is 1. The molecule has 1 rings (SSSR count). The second kappa shape index (κ2) is 5.35. The Morgan fingerprint density at radius 2 is 2.21 bits per heavy atom. The number of hydrogen-bond donors (Lipinski definition) is 1. The molecule has 3 nitrogen and oxygen atoms in total. The van der Waals surface area contributed by atoms with E-state index < -0.39 is 0 Å². The Hall–Kier alpha value is -0.570. The average Bonchev–Trinajstić information content (AvgIpc) is 2.48. The van der Waals surface area contributed by atoms with E-state index in [1.807, 2.05) is 4.90 Å². The van der Waals surface area contributed by atoms with Crippen molar-refractivity contribution in [1.29, 1.82) is 0 Å². The number of nitrogens with zero attached hydrogens (tertiary/aromatic N) is 1. The second-order valence-electron chi connectivity index (χ2n) is 4.36. The second-order valence-corrected chi connectivity index (χ2v) is 4.36. The van der Waals surface area contributed by atoms with Crippen LogP contribution in [-0.4, -0.2) is 30.1 Å². The maximum Gasteiger partial charge on any atom is 0.237 e. The Labute approximate surface area is 86.9 Å². The molecule has 1 aliphatic rings. The highest BCUT2D eigenvalue weighted by Crippen LogP contribution is 2.14. The lowest BCUT2D eigenvalue weighted by Gasteiger charge is -2.27. The Morgan fingerprint density at radius 3 is 2.79 bits per heavy atom. The van der Waals surface area contributed by atoms with Crippen molar-refractivity contribution in [1.82, 2.24) is 10.2 Å². The minimum absolute atomic E-state index is 0.263. The summed E-state index contributed by atoms with van der Waals surface area (Å²) in [5, 5.41) is 3.26. The van der Waals surface area contributed by atoms with Crippen LogP contribution in [0.25, 0.3) is 0 Å². The quantitative estimate of drug-likeness (QED) is 0.680. The van der Waals surface area contributed by atoms with E-state index in [9.17, 15) is 4.79 Å². The molecule has 1 unspecified atom stereocenters. The van der Waals surface area contributed by atoms with Crippen LogP contribution in [0.1, 0.15) is 40.0 Å². The number of carbonyl (C=O) groups excluding carboxylic acids is 1. The Balaban J connectivity index is 2.41. The van der Waals surface area contributed by atoms with Crippen molar-refractivity contribution in [3.63, 3.8) is 0 Å². The maximum absolute atomic E-state index is 11.5. The molecular formula is C11H22N2O. The molecule has 0 aliphatic carbocycles. The van der Waals surface area contributed by atoms with E-state index in [4.69, 9.17) is 0 Å². The number of unbranched alkanes of at least 4 members (excludes halogenated alkanes) is 2. The van der Waals surface area contributed by atoms with Gasteiger partial charge in [0.2, 0.25) is 5.91 Å². The first kappa shape index (κ1) is 11.5. The highest BCUT2D eigenvalue weighted by Gasteiger charge is 2.31. The lowest BCUT2D eigenvalue weighted by molar-refractivity contribution is -0.128. The van der Waals surface area contributed by atoms with Crippen molar-refractivity contribution in [3.05, 3.63) is 0 Å². The van der Waals surface area contributed by atoms with E-state index in [2.05, 4.69) is 26.1 Å². The normalized spacial score (nSPS) is 22.4. The maximum atomic E-state index is 11.5. The summed E-state index contributed by atoms with van der Waals surface area (Å²) >= 11 is 0. The minimum atomic E-state index is 0.263. The lowest BCUT2D eigenvalue weighted by Crippen LogP contribution is -2.41. The van der Waals surface area contributed by atoms with Crippen LogP contribution in [0.15, 0.2) is 0 Å². The zero-order valence-electron chi connectivity index (χ0n) is 9.55. The summed E-state index contributed by atoms with van der Waals surface area (Å²) in [5.74, 6) is 0.767. The fourth-order valence-corrected chi connectivity index (χ4v) is 1.95. The smallest absolute Gasteiger partial charge is 0.237 e. The zero-order valence-corrected chi connectivity index (χ0v) is 9.55. The Morgan fingerprint density at radius 1 is 1.50 bits per heavy atom. The third kappa shape index (κ3) is 2.71. The molecule has 1 fully saturated rings. The van der Waals surface area contributed by atoms with Crippen molar-refractivity contribution in [2.75, 3.05) is 13.1 Å². The van der Waals surface area contributed by atoms with Gasteiger partial charge in [0, 0.05) is 6.54 Å². The van der Waals surface area contributed by atoms with Gasteiger partial charge in [-0.05, 0) is 12.3 Å². The van der Waals surface area contributed by atoms with E-state index >= 15 is 0 Å². The first-order valence-electron chi connectivity index (χ1n) is 5.69. The molecule has 3 heteroatoms. The summed E-state index contributed by atoms with van der Waals surface area (Å²) in [6.45, 7) is 7.94. The summed E-state index contributed by atoms with van der Waals surface area (Å²) in [6, 6.07) is 0. The first-order chi connectivity index (χ1) is 6.66. The summed E-state index contributed by atoms with van der Waals surface area (Å²) in [7, 11) is 0. The van der Waals surface area contributed by atoms with E-state index in [0.717, 1.165) is 13.0 Å². The molecule has 0 aromatic carbocycles. The lowest BCUT2D eigenvalue weighted by atomic mass is 10.1. The van der Waals surface area contributed by atoms with Gasteiger partial charge in [0.15, 0.2) is 0 Å². The van der Waals surface area contributed by atoms with E-state index in [1.54, 1.807) is 0 Å². The van der Waals surface area contributed by atoms with E-state index in [0.29, 0.717) is 12.5 Å². The highest BCUT2D eigenvalue weighted by molar-refractivity contribution is 5.80. The Kier molecular flexibility index (Phi) is 4.39. The van der Waals surface area contributed by atoms with Crippen LogP contribution in [0.2, 0.25) is 0 Å². The predicted octanol–water partition coefficient (Wildman–Crippen LogP) is 1.59. The zero-order chi connectivity index (χ0) is 10.6. The molecule has 14 heavy (non-hydrogen) atoms. The SMILES string of the molecule is CCCCCN1C(=O)CNC1C(C)C. The van der Waals surface area contributed by atoms with Gasteiger partial charge in [-0.3, -0.25) is 10.1 Å². The molecule has 0 radical (unpaired) electrons. The fourth-order valence-electron chi connectivity index (χ4n) is 1.95. The monoisotopic (exact) mass is 198 g/mol. The van der Waals surface area contributed by atoms with Crippen LogP contribution < -0.4 is 5.32 Å². The molecule has 0 bridgehead atoms. The van der Waals surface area contributed by atoms with Crippen molar-refractivity contribution >= 4 is 5.91 Å². The topological polar surface area (TPSA) is 32.3 Å². The van der Waals surface area contributed by atoms with Gasteiger partial charge in [0.05, 0.1) is 12.7 Å². The van der Waals surface area contributed by atoms with Gasteiger partial charge in [-0.15, -0.1) is 0 Å². The van der Waals surface area contributed by atoms with Crippen molar-refractivity contribution in [3.8, 4) is 0 Å². The van der Waals surface area contributed by atoms with Crippen LogP contribution in [0.5, 0.6) is 0 Å². The minimum Gasteiger partial charge on any atom is -0.326 e.